The number of rotatable bonds is 4. The maximum Gasteiger partial charge on any atom is 0.401 e. The first-order valence-electron chi connectivity index (χ1n) is 3.80. The summed E-state index contributed by atoms with van der Waals surface area (Å²) in [7, 11) is 0. The molecule has 1 aliphatic carbocycles. The van der Waals surface area contributed by atoms with Gasteiger partial charge in [-0.15, -0.1) is 0 Å². The molecule has 5 heteroatoms. The molecule has 1 saturated carbocycles. The van der Waals surface area contributed by atoms with Crippen molar-refractivity contribution < 1.29 is 13.2 Å². The summed E-state index contributed by atoms with van der Waals surface area (Å²) in [5.41, 5.74) is 0. The Morgan fingerprint density at radius 3 is 2.33 bits per heavy atom. The van der Waals surface area contributed by atoms with Crippen LogP contribution in [-0.4, -0.2) is 30.3 Å². The van der Waals surface area contributed by atoms with E-state index < -0.39 is 12.7 Å². The largest absolute Gasteiger partial charge is 0.401 e. The van der Waals surface area contributed by atoms with Gasteiger partial charge in [0.05, 0.1) is 6.54 Å². The van der Waals surface area contributed by atoms with E-state index in [4.69, 9.17) is 0 Å². The summed E-state index contributed by atoms with van der Waals surface area (Å²) in [4.78, 5) is 0. The van der Waals surface area contributed by atoms with Crippen molar-refractivity contribution in [2.24, 2.45) is 0 Å². The van der Waals surface area contributed by atoms with Gasteiger partial charge in [-0.3, -0.25) is 0 Å². The van der Waals surface area contributed by atoms with Crippen molar-refractivity contribution in [3.63, 3.8) is 0 Å². The molecule has 0 amide bonds. The van der Waals surface area contributed by atoms with Crippen LogP contribution in [0.1, 0.15) is 12.8 Å². The summed E-state index contributed by atoms with van der Waals surface area (Å²) in [6, 6.07) is 0. The fourth-order valence-electron chi connectivity index (χ4n) is 1.02. The summed E-state index contributed by atoms with van der Waals surface area (Å²) in [6.45, 7) is -0.386. The second kappa shape index (κ2) is 3.46. The number of halogens is 3. The highest BCUT2D eigenvalue weighted by Crippen LogP contribution is 2.46. The van der Waals surface area contributed by atoms with Gasteiger partial charge in [0.15, 0.2) is 0 Å². The van der Waals surface area contributed by atoms with E-state index in [9.17, 15) is 13.2 Å². The molecule has 0 heterocycles. The Labute approximate surface area is 74.1 Å². The normalized spacial score (nSPS) is 21.0. The van der Waals surface area contributed by atoms with E-state index in [1.807, 2.05) is 6.26 Å². The standard InChI is InChI=1S/C7H12F3NS/c1-12-6(2-3-6)4-11-5-7(8,9)10/h11H,2-5H2,1H3. The quantitative estimate of drug-likeness (QED) is 0.743. The van der Waals surface area contributed by atoms with Crippen LogP contribution in [0.2, 0.25) is 0 Å². The zero-order valence-corrected chi connectivity index (χ0v) is 7.69. The molecule has 72 valence electrons. The van der Waals surface area contributed by atoms with E-state index in [0.717, 1.165) is 12.8 Å². The van der Waals surface area contributed by atoms with Crippen LogP contribution in [-0.2, 0) is 0 Å². The Balaban J connectivity index is 2.10. The first kappa shape index (κ1) is 10.2. The van der Waals surface area contributed by atoms with E-state index in [-0.39, 0.29) is 4.75 Å². The van der Waals surface area contributed by atoms with Crippen LogP contribution >= 0.6 is 11.8 Å². The third kappa shape index (κ3) is 3.23. The van der Waals surface area contributed by atoms with Crippen LogP contribution in [0.15, 0.2) is 0 Å². The summed E-state index contributed by atoms with van der Waals surface area (Å²) in [6.07, 6.45) is -0.0468. The van der Waals surface area contributed by atoms with Crippen molar-refractivity contribution in [3.05, 3.63) is 0 Å². The molecular formula is C7H12F3NS. The lowest BCUT2D eigenvalue weighted by atomic mass is 10.4. The molecule has 0 radical (unpaired) electrons. The Bertz CT molecular complexity index is 153. The topological polar surface area (TPSA) is 12.0 Å². The highest BCUT2D eigenvalue weighted by atomic mass is 32.2. The molecule has 0 unspecified atom stereocenters. The minimum Gasteiger partial charge on any atom is -0.307 e. The van der Waals surface area contributed by atoms with Gasteiger partial charge in [0.2, 0.25) is 0 Å². The van der Waals surface area contributed by atoms with Crippen LogP contribution in [0.4, 0.5) is 13.2 Å². The molecule has 1 N–H and O–H groups in total. The van der Waals surface area contributed by atoms with Crippen molar-refractivity contribution >= 4 is 11.8 Å². The monoisotopic (exact) mass is 199 g/mol. The molecule has 1 rings (SSSR count). The highest BCUT2D eigenvalue weighted by Gasteiger charge is 2.42. The molecule has 0 aliphatic heterocycles. The molecule has 0 bridgehead atoms. The van der Waals surface area contributed by atoms with E-state index >= 15 is 0 Å². The van der Waals surface area contributed by atoms with Crippen molar-refractivity contribution in [1.82, 2.24) is 5.32 Å². The summed E-state index contributed by atoms with van der Waals surface area (Å²) >= 11 is 1.66. The first-order chi connectivity index (χ1) is 5.47. The third-order valence-electron chi connectivity index (χ3n) is 2.01. The Morgan fingerprint density at radius 1 is 1.42 bits per heavy atom. The van der Waals surface area contributed by atoms with Gasteiger partial charge in [0.1, 0.15) is 0 Å². The van der Waals surface area contributed by atoms with E-state index in [2.05, 4.69) is 5.32 Å². The Hall–Kier alpha value is 0.100. The summed E-state index contributed by atoms with van der Waals surface area (Å²) in [5.74, 6) is 0. The molecule has 0 aromatic rings. The number of thioether (sulfide) groups is 1. The predicted octanol–water partition coefficient (Wildman–Crippen LogP) is 2.03. The third-order valence-corrected chi connectivity index (χ3v) is 3.43. The van der Waals surface area contributed by atoms with Gasteiger partial charge in [0.25, 0.3) is 0 Å². The SMILES string of the molecule is CSC1(CNCC(F)(F)F)CC1. The zero-order chi connectivity index (χ0) is 9.24. The Kier molecular flexibility index (Phi) is 2.93. The number of hydrogen-bond donors (Lipinski definition) is 1. The molecule has 0 atom stereocenters. The van der Waals surface area contributed by atoms with Crippen molar-refractivity contribution in [3.8, 4) is 0 Å². The summed E-state index contributed by atoms with van der Waals surface area (Å²) < 4.78 is 35.2. The van der Waals surface area contributed by atoms with Crippen molar-refractivity contribution in [2.45, 2.75) is 23.8 Å². The molecular weight excluding hydrogens is 187 g/mol. The Morgan fingerprint density at radius 2 is 2.00 bits per heavy atom. The minimum absolute atomic E-state index is 0.116. The molecule has 1 fully saturated rings. The number of alkyl halides is 3. The van der Waals surface area contributed by atoms with Crippen LogP contribution in [0, 0.1) is 0 Å². The van der Waals surface area contributed by atoms with E-state index in [0.29, 0.717) is 6.54 Å². The van der Waals surface area contributed by atoms with Gasteiger partial charge in [0, 0.05) is 11.3 Å². The van der Waals surface area contributed by atoms with Gasteiger partial charge >= 0.3 is 6.18 Å². The van der Waals surface area contributed by atoms with Gasteiger partial charge < -0.3 is 5.32 Å². The molecule has 1 aliphatic rings. The predicted molar refractivity (Wildman–Crippen MR) is 44.4 cm³/mol. The molecule has 12 heavy (non-hydrogen) atoms. The average Bonchev–Trinajstić information content (AvgIpc) is 2.67. The van der Waals surface area contributed by atoms with Gasteiger partial charge in [-0.2, -0.15) is 24.9 Å². The first-order valence-corrected chi connectivity index (χ1v) is 5.03. The van der Waals surface area contributed by atoms with E-state index in [1.54, 1.807) is 11.8 Å². The van der Waals surface area contributed by atoms with Gasteiger partial charge in [-0.25, -0.2) is 0 Å². The molecule has 0 saturated heterocycles. The molecule has 0 aromatic heterocycles. The molecule has 1 nitrogen and oxygen atoms in total. The van der Waals surface area contributed by atoms with Gasteiger partial charge in [-0.1, -0.05) is 0 Å². The zero-order valence-electron chi connectivity index (χ0n) is 6.87. The van der Waals surface area contributed by atoms with Gasteiger partial charge in [-0.05, 0) is 19.1 Å². The van der Waals surface area contributed by atoms with Crippen LogP contribution in [0.5, 0.6) is 0 Å². The lowest BCUT2D eigenvalue weighted by Gasteiger charge is -2.13. The average molecular weight is 199 g/mol. The maximum absolute atomic E-state index is 11.7. The van der Waals surface area contributed by atoms with Crippen LogP contribution in [0.25, 0.3) is 0 Å². The number of hydrogen-bond acceptors (Lipinski definition) is 2. The smallest absolute Gasteiger partial charge is 0.307 e. The fourth-order valence-corrected chi connectivity index (χ4v) is 1.78. The lowest BCUT2D eigenvalue weighted by Crippen LogP contribution is -2.34. The van der Waals surface area contributed by atoms with Crippen molar-refractivity contribution in [2.75, 3.05) is 19.3 Å². The highest BCUT2D eigenvalue weighted by molar-refractivity contribution is 8.00. The maximum atomic E-state index is 11.7. The molecule has 0 aromatic carbocycles. The molecule has 0 spiro atoms. The number of nitrogens with one attached hydrogen (secondary N) is 1. The van der Waals surface area contributed by atoms with Crippen LogP contribution < -0.4 is 5.32 Å². The van der Waals surface area contributed by atoms with Crippen LogP contribution in [0.3, 0.4) is 0 Å². The second-order valence-electron chi connectivity index (χ2n) is 3.11. The fraction of sp³-hybridized carbons (Fsp3) is 1.00. The van der Waals surface area contributed by atoms with Crippen molar-refractivity contribution in [1.29, 1.82) is 0 Å². The lowest BCUT2D eigenvalue weighted by molar-refractivity contribution is -0.124. The van der Waals surface area contributed by atoms with E-state index in [1.165, 1.54) is 0 Å². The second-order valence-corrected chi connectivity index (χ2v) is 4.38. The summed E-state index contributed by atoms with van der Waals surface area (Å²) in [5, 5.41) is 2.43. The minimum atomic E-state index is -4.07.